The number of nitrogens with two attached hydrogens (primary N) is 1. The zero-order valence-electron chi connectivity index (χ0n) is 23.9. The highest BCUT2D eigenvalue weighted by atomic mass is 16.6. The summed E-state index contributed by atoms with van der Waals surface area (Å²) in [4.78, 5) is 36.1. The van der Waals surface area contributed by atoms with Gasteiger partial charge in [-0.3, -0.25) is 14.5 Å². The molecule has 2 aliphatic carbocycles. The van der Waals surface area contributed by atoms with Crippen LogP contribution in [0.5, 0.6) is 11.5 Å². The van der Waals surface area contributed by atoms with Gasteiger partial charge in [0.1, 0.15) is 12.1 Å². The fourth-order valence-corrected chi connectivity index (χ4v) is 7.89. The molecule has 1 aromatic carbocycles. The molecule has 2 amide bonds. The number of carbonyl (C=O) groups excluding carboxylic acids is 2. The van der Waals surface area contributed by atoms with Crippen LogP contribution in [0.1, 0.15) is 89.9 Å². The summed E-state index contributed by atoms with van der Waals surface area (Å²) in [5.41, 5.74) is 5.88. The number of hydrogen-bond acceptors (Lipinski definition) is 6. The fourth-order valence-electron chi connectivity index (χ4n) is 7.89. The Morgan fingerprint density at radius 2 is 1.48 bits per heavy atom. The van der Waals surface area contributed by atoms with Gasteiger partial charge in [-0.05, 0) is 55.6 Å². The number of para-hydroxylation sites is 2. The summed E-state index contributed by atoms with van der Waals surface area (Å²) in [6, 6.07) is 7.47. The van der Waals surface area contributed by atoms with Crippen LogP contribution in [0.4, 0.5) is 0 Å². The van der Waals surface area contributed by atoms with E-state index in [4.69, 9.17) is 20.2 Å². The largest absolute Gasteiger partial charge is 0.485 e. The molecule has 2 N–H and O–H groups in total. The monoisotopic (exact) mass is 550 g/mol. The molecule has 1 unspecified atom stereocenters. The molecule has 1 aromatic rings. The van der Waals surface area contributed by atoms with Gasteiger partial charge in [0.25, 0.3) is 11.8 Å². The first-order valence-electron chi connectivity index (χ1n) is 15.9. The van der Waals surface area contributed by atoms with Crippen molar-refractivity contribution in [2.24, 2.45) is 28.5 Å². The maximum Gasteiger partial charge on any atom is 0.267 e. The molecule has 6 rings (SSSR count). The van der Waals surface area contributed by atoms with E-state index in [-0.39, 0.29) is 18.4 Å². The Bertz CT molecular complexity index is 1070. The minimum atomic E-state index is -0.667. The van der Waals surface area contributed by atoms with Gasteiger partial charge in [-0.25, -0.2) is 4.99 Å². The second-order valence-corrected chi connectivity index (χ2v) is 13.0. The van der Waals surface area contributed by atoms with Crippen LogP contribution in [0.25, 0.3) is 0 Å². The molecule has 8 heteroatoms. The predicted octanol–water partition coefficient (Wildman–Crippen LogP) is 4.90. The Labute approximate surface area is 238 Å². The van der Waals surface area contributed by atoms with E-state index in [1.165, 1.54) is 64.2 Å². The molecule has 218 valence electrons. The van der Waals surface area contributed by atoms with Gasteiger partial charge in [-0.1, -0.05) is 76.3 Å². The summed E-state index contributed by atoms with van der Waals surface area (Å²) in [7, 11) is 0. The number of amides is 2. The number of piperidine rings is 1. The standard InChI is InChI=1S/C32H46N4O4/c33-31-34-32(19-23-9-3-1-4-10-23,20-24-11-5-2-6-12-24)30(38)36(31)21-25-15-17-35(18-16-25)29(37)28-22-39-26-13-7-8-14-27(26)40-28/h7-8,13-14,23-25,28H,1-6,9-12,15-22H2,(H2,33,34). The van der Waals surface area contributed by atoms with E-state index in [9.17, 15) is 9.59 Å². The average Bonchev–Trinajstić information content (AvgIpc) is 3.21. The minimum Gasteiger partial charge on any atom is -0.485 e. The summed E-state index contributed by atoms with van der Waals surface area (Å²) in [6.45, 7) is 2.14. The molecule has 1 saturated heterocycles. The third-order valence-electron chi connectivity index (χ3n) is 10.1. The first-order valence-corrected chi connectivity index (χ1v) is 15.9. The Morgan fingerprint density at radius 1 is 0.875 bits per heavy atom. The molecule has 3 fully saturated rings. The van der Waals surface area contributed by atoms with Crippen molar-refractivity contribution in [2.75, 3.05) is 26.2 Å². The lowest BCUT2D eigenvalue weighted by molar-refractivity contribution is -0.143. The number of nitrogens with zero attached hydrogens (tertiary/aromatic N) is 3. The van der Waals surface area contributed by atoms with Gasteiger partial charge in [-0.2, -0.15) is 0 Å². The fraction of sp³-hybridized carbons (Fsp3) is 0.719. The van der Waals surface area contributed by atoms with E-state index < -0.39 is 11.6 Å². The highest BCUT2D eigenvalue weighted by Crippen LogP contribution is 2.42. The van der Waals surface area contributed by atoms with Crippen LogP contribution in [0, 0.1) is 17.8 Å². The molecule has 0 bridgehead atoms. The maximum absolute atomic E-state index is 14.2. The van der Waals surface area contributed by atoms with Crippen molar-refractivity contribution in [2.45, 2.75) is 102 Å². The highest BCUT2D eigenvalue weighted by molar-refractivity contribution is 6.06. The number of hydrogen-bond donors (Lipinski definition) is 1. The zero-order valence-corrected chi connectivity index (χ0v) is 23.9. The van der Waals surface area contributed by atoms with Gasteiger partial charge < -0.3 is 20.1 Å². The Balaban J connectivity index is 1.06. The van der Waals surface area contributed by atoms with Crippen LogP contribution in [0.2, 0.25) is 0 Å². The summed E-state index contributed by atoms with van der Waals surface area (Å²) < 4.78 is 11.7. The van der Waals surface area contributed by atoms with Crippen LogP contribution in [-0.4, -0.2) is 65.5 Å². The van der Waals surface area contributed by atoms with Crippen molar-refractivity contribution in [3.63, 3.8) is 0 Å². The predicted molar refractivity (Wildman–Crippen MR) is 154 cm³/mol. The number of fused-ring (bicyclic) bond motifs is 1. The third-order valence-corrected chi connectivity index (χ3v) is 10.1. The number of carbonyl (C=O) groups is 2. The molecule has 40 heavy (non-hydrogen) atoms. The first kappa shape index (κ1) is 27.4. The molecular weight excluding hydrogens is 504 g/mol. The number of benzene rings is 1. The molecule has 0 aromatic heterocycles. The van der Waals surface area contributed by atoms with E-state index >= 15 is 0 Å². The molecular formula is C32H46N4O4. The quantitative estimate of drug-likeness (QED) is 0.521. The summed E-state index contributed by atoms with van der Waals surface area (Å²) in [6.07, 6.45) is 15.3. The number of aliphatic imine (C=N–C) groups is 1. The average molecular weight is 551 g/mol. The van der Waals surface area contributed by atoms with E-state index in [0.29, 0.717) is 54.8 Å². The summed E-state index contributed by atoms with van der Waals surface area (Å²) in [5, 5.41) is 0. The van der Waals surface area contributed by atoms with Crippen molar-refractivity contribution in [1.29, 1.82) is 0 Å². The molecule has 2 saturated carbocycles. The molecule has 0 spiro atoms. The highest BCUT2D eigenvalue weighted by Gasteiger charge is 2.50. The maximum atomic E-state index is 14.2. The van der Waals surface area contributed by atoms with Crippen molar-refractivity contribution in [3.05, 3.63) is 24.3 Å². The molecule has 1 atom stereocenters. The van der Waals surface area contributed by atoms with Crippen LogP contribution < -0.4 is 15.2 Å². The number of likely N-dealkylation sites (tertiary alicyclic amines) is 1. The van der Waals surface area contributed by atoms with Crippen LogP contribution in [0.3, 0.4) is 0 Å². The molecule has 3 aliphatic heterocycles. The van der Waals surface area contributed by atoms with Crippen molar-refractivity contribution < 1.29 is 19.1 Å². The smallest absolute Gasteiger partial charge is 0.267 e. The van der Waals surface area contributed by atoms with Gasteiger partial charge in [0.05, 0.1) is 0 Å². The SMILES string of the molecule is NC1=NC(CC2CCCCC2)(CC2CCCCC2)C(=O)N1CC1CCN(C(=O)C2COc3ccccc3O2)CC1. The second-order valence-electron chi connectivity index (χ2n) is 13.0. The lowest BCUT2D eigenvalue weighted by Crippen LogP contribution is -2.51. The Hall–Kier alpha value is -2.77. The molecule has 3 heterocycles. The van der Waals surface area contributed by atoms with Crippen LogP contribution in [-0.2, 0) is 9.59 Å². The second kappa shape index (κ2) is 12.0. The van der Waals surface area contributed by atoms with Gasteiger partial charge >= 0.3 is 0 Å². The summed E-state index contributed by atoms with van der Waals surface area (Å²) in [5.74, 6) is 3.29. The normalized spacial score (nSPS) is 26.1. The molecule has 8 nitrogen and oxygen atoms in total. The van der Waals surface area contributed by atoms with Gasteiger partial charge in [-0.15, -0.1) is 0 Å². The summed E-state index contributed by atoms with van der Waals surface area (Å²) >= 11 is 0. The lowest BCUT2D eigenvalue weighted by Gasteiger charge is -2.37. The van der Waals surface area contributed by atoms with Crippen molar-refractivity contribution in [3.8, 4) is 11.5 Å². The first-order chi connectivity index (χ1) is 19.5. The van der Waals surface area contributed by atoms with Crippen molar-refractivity contribution in [1.82, 2.24) is 9.80 Å². The zero-order chi connectivity index (χ0) is 27.5. The minimum absolute atomic E-state index is 0.0229. The molecule has 5 aliphatic rings. The van der Waals surface area contributed by atoms with E-state index in [2.05, 4.69) is 0 Å². The lowest BCUT2D eigenvalue weighted by atomic mass is 9.73. The Morgan fingerprint density at radius 3 is 2.10 bits per heavy atom. The van der Waals surface area contributed by atoms with Crippen LogP contribution in [0.15, 0.2) is 29.3 Å². The van der Waals surface area contributed by atoms with E-state index in [1.807, 2.05) is 34.1 Å². The molecule has 0 radical (unpaired) electrons. The number of guanidine groups is 1. The third kappa shape index (κ3) is 5.82. The van der Waals surface area contributed by atoms with Gasteiger partial charge in [0.2, 0.25) is 6.10 Å². The van der Waals surface area contributed by atoms with Gasteiger partial charge in [0, 0.05) is 19.6 Å². The number of rotatable bonds is 7. The van der Waals surface area contributed by atoms with Crippen molar-refractivity contribution >= 4 is 17.8 Å². The van der Waals surface area contributed by atoms with E-state index in [1.54, 1.807) is 0 Å². The van der Waals surface area contributed by atoms with Crippen LogP contribution >= 0.6 is 0 Å². The Kier molecular flexibility index (Phi) is 8.22. The number of ether oxygens (including phenoxy) is 2. The van der Waals surface area contributed by atoms with Gasteiger partial charge in [0.15, 0.2) is 17.5 Å². The van der Waals surface area contributed by atoms with E-state index in [0.717, 1.165) is 25.7 Å². The topological polar surface area (TPSA) is 97.5 Å².